The number of hydrogen-bond acceptors (Lipinski definition) is 3. The number of amides is 1. The lowest BCUT2D eigenvalue weighted by atomic mass is 9.85. The van der Waals surface area contributed by atoms with Crippen molar-refractivity contribution >= 4 is 17.2 Å². The van der Waals surface area contributed by atoms with Crippen LogP contribution >= 0.6 is 11.3 Å². The van der Waals surface area contributed by atoms with Crippen molar-refractivity contribution in [3.63, 3.8) is 0 Å². The lowest BCUT2D eigenvalue weighted by molar-refractivity contribution is -0.121. The molecule has 1 unspecified atom stereocenters. The van der Waals surface area contributed by atoms with Crippen LogP contribution in [-0.2, 0) is 11.2 Å². The summed E-state index contributed by atoms with van der Waals surface area (Å²) in [6, 6.07) is 10.3. The highest BCUT2D eigenvalue weighted by molar-refractivity contribution is 7.07. The van der Waals surface area contributed by atoms with Crippen molar-refractivity contribution in [2.75, 3.05) is 6.54 Å². The lowest BCUT2D eigenvalue weighted by Crippen LogP contribution is -2.28. The lowest BCUT2D eigenvalue weighted by Gasteiger charge is -2.21. The van der Waals surface area contributed by atoms with Crippen LogP contribution in [0.15, 0.2) is 41.2 Å². The van der Waals surface area contributed by atoms with Crippen molar-refractivity contribution in [3.05, 3.63) is 52.5 Å². The summed E-state index contributed by atoms with van der Waals surface area (Å²) < 4.78 is 0. The highest BCUT2D eigenvalue weighted by Gasteiger charge is 2.19. The van der Waals surface area contributed by atoms with E-state index in [0.717, 1.165) is 12.1 Å². The fourth-order valence-electron chi connectivity index (χ4n) is 2.40. The minimum absolute atomic E-state index is 0.118. The molecule has 1 amide bonds. The SMILES string of the molecule is CC(C)C(CC(=O)NCCc1cscn1)c1ccccc1. The highest BCUT2D eigenvalue weighted by atomic mass is 32.1. The largest absolute Gasteiger partial charge is 0.356 e. The molecule has 0 spiro atoms. The van der Waals surface area contributed by atoms with Crippen LogP contribution in [0.1, 0.15) is 37.4 Å². The molecule has 0 fully saturated rings. The van der Waals surface area contributed by atoms with Gasteiger partial charge in [-0.05, 0) is 17.4 Å². The normalized spacial score (nSPS) is 12.3. The molecule has 21 heavy (non-hydrogen) atoms. The minimum atomic E-state index is 0.118. The topological polar surface area (TPSA) is 42.0 Å². The number of nitrogens with zero attached hydrogens (tertiary/aromatic N) is 1. The standard InChI is InChI=1S/C17H22N2OS/c1-13(2)16(14-6-4-3-5-7-14)10-17(20)18-9-8-15-11-21-12-19-15/h3-7,11-13,16H,8-10H2,1-2H3,(H,18,20). The molecule has 1 atom stereocenters. The molecule has 1 heterocycles. The zero-order chi connectivity index (χ0) is 15.1. The van der Waals surface area contributed by atoms with Gasteiger partial charge in [-0.15, -0.1) is 11.3 Å². The highest BCUT2D eigenvalue weighted by Crippen LogP contribution is 2.27. The summed E-state index contributed by atoms with van der Waals surface area (Å²) in [6.07, 6.45) is 1.34. The Hall–Kier alpha value is -1.68. The summed E-state index contributed by atoms with van der Waals surface area (Å²) in [5.41, 5.74) is 4.10. The van der Waals surface area contributed by atoms with E-state index >= 15 is 0 Å². The molecular formula is C17H22N2OS. The molecule has 0 saturated carbocycles. The van der Waals surface area contributed by atoms with E-state index < -0.39 is 0 Å². The van der Waals surface area contributed by atoms with Gasteiger partial charge in [0.05, 0.1) is 11.2 Å². The predicted molar refractivity (Wildman–Crippen MR) is 87.5 cm³/mol. The fourth-order valence-corrected chi connectivity index (χ4v) is 2.99. The van der Waals surface area contributed by atoms with E-state index in [9.17, 15) is 4.79 Å². The number of benzene rings is 1. The summed E-state index contributed by atoms with van der Waals surface area (Å²) >= 11 is 1.59. The Morgan fingerprint density at radius 1 is 1.29 bits per heavy atom. The molecule has 0 radical (unpaired) electrons. The molecular weight excluding hydrogens is 280 g/mol. The Bertz CT molecular complexity index is 537. The van der Waals surface area contributed by atoms with Crippen LogP contribution in [0.5, 0.6) is 0 Å². The molecule has 4 heteroatoms. The summed E-state index contributed by atoms with van der Waals surface area (Å²) in [5, 5.41) is 5.02. The smallest absolute Gasteiger partial charge is 0.220 e. The zero-order valence-corrected chi connectivity index (χ0v) is 13.4. The van der Waals surface area contributed by atoms with Gasteiger partial charge in [0.2, 0.25) is 5.91 Å². The van der Waals surface area contributed by atoms with Crippen LogP contribution in [0.4, 0.5) is 0 Å². The van der Waals surface area contributed by atoms with Crippen molar-refractivity contribution < 1.29 is 4.79 Å². The second-order valence-electron chi connectivity index (χ2n) is 5.55. The Kier molecular flexibility index (Phi) is 5.93. The van der Waals surface area contributed by atoms with E-state index in [2.05, 4.69) is 36.3 Å². The van der Waals surface area contributed by atoms with Crippen LogP contribution in [-0.4, -0.2) is 17.4 Å². The first-order valence-electron chi connectivity index (χ1n) is 7.35. The van der Waals surface area contributed by atoms with Gasteiger partial charge in [0.25, 0.3) is 0 Å². The number of carbonyl (C=O) groups excluding carboxylic acids is 1. The van der Waals surface area contributed by atoms with Gasteiger partial charge in [0, 0.05) is 24.8 Å². The van der Waals surface area contributed by atoms with Crippen LogP contribution in [0.3, 0.4) is 0 Å². The molecule has 1 N–H and O–H groups in total. The van der Waals surface area contributed by atoms with Gasteiger partial charge in [-0.1, -0.05) is 44.2 Å². The second kappa shape index (κ2) is 7.93. The molecule has 112 valence electrons. The molecule has 0 aliphatic heterocycles. The number of rotatable bonds is 7. The average molecular weight is 302 g/mol. The minimum Gasteiger partial charge on any atom is -0.356 e. The zero-order valence-electron chi connectivity index (χ0n) is 12.6. The van der Waals surface area contributed by atoms with Gasteiger partial charge >= 0.3 is 0 Å². The van der Waals surface area contributed by atoms with Gasteiger partial charge < -0.3 is 5.32 Å². The van der Waals surface area contributed by atoms with E-state index in [-0.39, 0.29) is 11.8 Å². The first kappa shape index (κ1) is 15.7. The fraction of sp³-hybridized carbons (Fsp3) is 0.412. The van der Waals surface area contributed by atoms with Gasteiger partial charge in [0.15, 0.2) is 0 Å². The van der Waals surface area contributed by atoms with Crippen LogP contribution in [0, 0.1) is 5.92 Å². The molecule has 0 saturated heterocycles. The third kappa shape index (κ3) is 4.97. The predicted octanol–water partition coefficient (Wildman–Crippen LogP) is 3.63. The summed E-state index contributed by atoms with van der Waals surface area (Å²) in [5.74, 6) is 0.829. The van der Waals surface area contributed by atoms with E-state index in [1.54, 1.807) is 11.3 Å². The molecule has 0 aliphatic carbocycles. The molecule has 2 rings (SSSR count). The van der Waals surface area contributed by atoms with E-state index in [1.807, 2.05) is 29.1 Å². The maximum absolute atomic E-state index is 12.1. The quantitative estimate of drug-likeness (QED) is 0.848. The van der Waals surface area contributed by atoms with Gasteiger partial charge in [-0.25, -0.2) is 4.98 Å². The third-order valence-electron chi connectivity index (χ3n) is 3.62. The molecule has 1 aromatic carbocycles. The Labute approximate surface area is 130 Å². The third-order valence-corrected chi connectivity index (χ3v) is 4.26. The van der Waals surface area contributed by atoms with E-state index in [0.29, 0.717) is 18.9 Å². The molecule has 2 aromatic rings. The Balaban J connectivity index is 1.84. The summed E-state index contributed by atoms with van der Waals surface area (Å²) in [6.45, 7) is 4.99. The Morgan fingerprint density at radius 3 is 2.67 bits per heavy atom. The number of carbonyl (C=O) groups is 1. The van der Waals surface area contributed by atoms with E-state index in [4.69, 9.17) is 0 Å². The van der Waals surface area contributed by atoms with Gasteiger partial charge in [0.1, 0.15) is 0 Å². The molecule has 1 aromatic heterocycles. The van der Waals surface area contributed by atoms with Gasteiger partial charge in [-0.3, -0.25) is 4.79 Å². The molecule has 0 aliphatic rings. The maximum atomic E-state index is 12.1. The van der Waals surface area contributed by atoms with Crippen molar-refractivity contribution in [1.29, 1.82) is 0 Å². The number of hydrogen-bond donors (Lipinski definition) is 1. The number of nitrogens with one attached hydrogen (secondary N) is 1. The monoisotopic (exact) mass is 302 g/mol. The van der Waals surface area contributed by atoms with Crippen molar-refractivity contribution in [3.8, 4) is 0 Å². The van der Waals surface area contributed by atoms with Crippen LogP contribution in [0.25, 0.3) is 0 Å². The Morgan fingerprint density at radius 2 is 2.05 bits per heavy atom. The summed E-state index contributed by atoms with van der Waals surface area (Å²) in [7, 11) is 0. The van der Waals surface area contributed by atoms with Crippen molar-refractivity contribution in [1.82, 2.24) is 10.3 Å². The van der Waals surface area contributed by atoms with Crippen molar-refractivity contribution in [2.24, 2.45) is 5.92 Å². The first-order valence-corrected chi connectivity index (χ1v) is 8.30. The summed E-state index contributed by atoms with van der Waals surface area (Å²) in [4.78, 5) is 16.3. The number of thiazole rings is 1. The average Bonchev–Trinajstić information content (AvgIpc) is 2.98. The second-order valence-corrected chi connectivity index (χ2v) is 6.26. The van der Waals surface area contributed by atoms with E-state index in [1.165, 1.54) is 5.56 Å². The van der Waals surface area contributed by atoms with Gasteiger partial charge in [-0.2, -0.15) is 0 Å². The van der Waals surface area contributed by atoms with Crippen LogP contribution in [0.2, 0.25) is 0 Å². The van der Waals surface area contributed by atoms with Crippen LogP contribution < -0.4 is 5.32 Å². The maximum Gasteiger partial charge on any atom is 0.220 e. The molecule has 3 nitrogen and oxygen atoms in total. The van der Waals surface area contributed by atoms with Crippen molar-refractivity contribution in [2.45, 2.75) is 32.6 Å². The first-order chi connectivity index (χ1) is 10.2. The number of aromatic nitrogens is 1. The molecule has 0 bridgehead atoms.